The lowest BCUT2D eigenvalue weighted by atomic mass is 10.1. The first-order valence-electron chi connectivity index (χ1n) is 9.20. The fraction of sp³-hybridized carbons (Fsp3) is 0.650. The number of carbonyl (C=O) groups excluding carboxylic acids is 1. The number of nitrogens with one attached hydrogen (secondary N) is 2. The van der Waals surface area contributed by atoms with Crippen molar-refractivity contribution in [3.8, 4) is 5.75 Å². The highest BCUT2D eigenvalue weighted by molar-refractivity contribution is 9.09. The van der Waals surface area contributed by atoms with E-state index in [0.29, 0.717) is 16.9 Å². The number of ether oxygens (including phenoxy) is 1. The highest BCUT2D eigenvalue weighted by Gasteiger charge is 2.17. The van der Waals surface area contributed by atoms with Crippen LogP contribution < -0.4 is 15.4 Å². The Hall–Kier alpha value is -1.07. The van der Waals surface area contributed by atoms with E-state index in [-0.39, 0.29) is 17.6 Å². The Morgan fingerprint density at radius 2 is 1.92 bits per heavy atom. The van der Waals surface area contributed by atoms with Crippen LogP contribution in [0.5, 0.6) is 5.75 Å². The zero-order chi connectivity index (χ0) is 18.9. The highest BCUT2D eigenvalue weighted by atomic mass is 79.9. The van der Waals surface area contributed by atoms with Crippen LogP contribution in [0.3, 0.4) is 0 Å². The van der Waals surface area contributed by atoms with Gasteiger partial charge in [0.05, 0.1) is 4.83 Å². The summed E-state index contributed by atoms with van der Waals surface area (Å²) >= 11 is 3.66. The number of amides is 1. The molecule has 0 bridgehead atoms. The van der Waals surface area contributed by atoms with E-state index in [2.05, 4.69) is 61.2 Å². The van der Waals surface area contributed by atoms with Crippen molar-refractivity contribution >= 4 is 21.8 Å². The molecule has 0 aliphatic heterocycles. The van der Waals surface area contributed by atoms with Crippen molar-refractivity contribution < 1.29 is 9.53 Å². The predicted molar refractivity (Wildman–Crippen MR) is 109 cm³/mol. The van der Waals surface area contributed by atoms with Crippen molar-refractivity contribution in [2.24, 2.45) is 0 Å². The molecule has 1 amide bonds. The van der Waals surface area contributed by atoms with Gasteiger partial charge in [0.2, 0.25) is 0 Å². The molecule has 0 heterocycles. The zero-order valence-corrected chi connectivity index (χ0v) is 17.8. The Bertz CT molecular complexity index is 529. The van der Waals surface area contributed by atoms with Gasteiger partial charge in [-0.2, -0.15) is 0 Å². The van der Waals surface area contributed by atoms with E-state index >= 15 is 0 Å². The molecule has 142 valence electrons. The van der Waals surface area contributed by atoms with Gasteiger partial charge in [0.1, 0.15) is 11.9 Å². The smallest absolute Gasteiger partial charge is 0.251 e. The Morgan fingerprint density at radius 1 is 1.20 bits per heavy atom. The maximum Gasteiger partial charge on any atom is 0.251 e. The third-order valence-electron chi connectivity index (χ3n) is 3.87. The van der Waals surface area contributed by atoms with Crippen molar-refractivity contribution in [2.45, 2.75) is 70.4 Å². The zero-order valence-electron chi connectivity index (χ0n) is 16.2. The molecule has 5 heteroatoms. The summed E-state index contributed by atoms with van der Waals surface area (Å²) in [4.78, 5) is 12.6. The fourth-order valence-corrected chi connectivity index (χ4v) is 2.90. The van der Waals surface area contributed by atoms with E-state index in [0.717, 1.165) is 31.6 Å². The van der Waals surface area contributed by atoms with Gasteiger partial charge in [-0.25, -0.2) is 0 Å². The SMILES string of the molecule is CCC(Br)C(CC)Oc1cccc(C(=O)NCCCNC(C)(C)C)c1. The molecule has 1 aromatic rings. The van der Waals surface area contributed by atoms with Crippen LogP contribution in [0.4, 0.5) is 0 Å². The van der Waals surface area contributed by atoms with E-state index in [1.165, 1.54) is 0 Å². The number of rotatable bonds is 10. The van der Waals surface area contributed by atoms with E-state index in [1.54, 1.807) is 0 Å². The van der Waals surface area contributed by atoms with Gasteiger partial charge in [-0.1, -0.05) is 35.8 Å². The molecule has 0 spiro atoms. The minimum absolute atomic E-state index is 0.0554. The van der Waals surface area contributed by atoms with Crippen LogP contribution >= 0.6 is 15.9 Å². The quantitative estimate of drug-likeness (QED) is 0.438. The standard InChI is InChI=1S/C20H33BrN2O2/c1-6-17(21)18(7-2)25-16-11-8-10-15(14-16)19(24)22-12-9-13-23-20(3,4)5/h8,10-11,14,17-18,23H,6-7,9,12-13H2,1-5H3,(H,22,24). The summed E-state index contributed by atoms with van der Waals surface area (Å²) in [6.45, 7) is 12.2. The third kappa shape index (κ3) is 8.73. The molecule has 1 aromatic carbocycles. The first-order valence-corrected chi connectivity index (χ1v) is 10.1. The molecule has 0 fully saturated rings. The molecule has 0 radical (unpaired) electrons. The molecule has 0 saturated heterocycles. The van der Waals surface area contributed by atoms with Crippen LogP contribution in [-0.2, 0) is 0 Å². The van der Waals surface area contributed by atoms with Crippen LogP contribution in [0.25, 0.3) is 0 Å². The molecule has 2 N–H and O–H groups in total. The van der Waals surface area contributed by atoms with Crippen molar-refractivity contribution in [3.05, 3.63) is 29.8 Å². The van der Waals surface area contributed by atoms with Gasteiger partial charge in [-0.3, -0.25) is 4.79 Å². The van der Waals surface area contributed by atoms with Crippen LogP contribution in [0.1, 0.15) is 64.2 Å². The Labute approximate surface area is 161 Å². The summed E-state index contributed by atoms with van der Waals surface area (Å²) < 4.78 is 6.05. The first kappa shape index (κ1) is 22.0. The normalized spacial score (nSPS) is 14.0. The maximum absolute atomic E-state index is 12.3. The van der Waals surface area contributed by atoms with Crippen LogP contribution in [0, 0.1) is 0 Å². The Morgan fingerprint density at radius 3 is 2.52 bits per heavy atom. The topological polar surface area (TPSA) is 50.4 Å². The van der Waals surface area contributed by atoms with Crippen molar-refractivity contribution in [2.75, 3.05) is 13.1 Å². The number of hydrogen-bond donors (Lipinski definition) is 2. The lowest BCUT2D eigenvalue weighted by Crippen LogP contribution is -2.37. The van der Waals surface area contributed by atoms with E-state index < -0.39 is 0 Å². The van der Waals surface area contributed by atoms with Gasteiger partial charge in [-0.15, -0.1) is 0 Å². The van der Waals surface area contributed by atoms with Crippen molar-refractivity contribution in [3.63, 3.8) is 0 Å². The van der Waals surface area contributed by atoms with Gasteiger partial charge >= 0.3 is 0 Å². The van der Waals surface area contributed by atoms with Gasteiger partial charge in [0, 0.05) is 17.6 Å². The van der Waals surface area contributed by atoms with Crippen molar-refractivity contribution in [1.29, 1.82) is 0 Å². The molecular weight excluding hydrogens is 380 g/mol. The molecule has 2 unspecified atom stereocenters. The second kappa shape index (κ2) is 10.8. The summed E-state index contributed by atoms with van der Waals surface area (Å²) in [5, 5.41) is 6.38. The van der Waals surface area contributed by atoms with E-state index in [1.807, 2.05) is 24.3 Å². The van der Waals surface area contributed by atoms with Crippen LogP contribution in [-0.4, -0.2) is 35.5 Å². The summed E-state index contributed by atoms with van der Waals surface area (Å²) in [7, 11) is 0. The van der Waals surface area contributed by atoms with Gasteiger partial charge in [0.15, 0.2) is 0 Å². The molecule has 0 aromatic heterocycles. The molecule has 2 atom stereocenters. The first-order chi connectivity index (χ1) is 11.8. The van der Waals surface area contributed by atoms with Crippen molar-refractivity contribution in [1.82, 2.24) is 10.6 Å². The minimum atomic E-state index is -0.0554. The predicted octanol–water partition coefficient (Wildman–Crippen LogP) is 4.53. The summed E-state index contributed by atoms with van der Waals surface area (Å²) in [6.07, 6.45) is 2.92. The lowest BCUT2D eigenvalue weighted by molar-refractivity contribution is 0.0952. The number of benzene rings is 1. The Balaban J connectivity index is 2.52. The largest absolute Gasteiger partial charge is 0.489 e. The maximum atomic E-state index is 12.3. The average Bonchev–Trinajstić information content (AvgIpc) is 2.57. The molecular formula is C20H33BrN2O2. The molecule has 1 rings (SSSR count). The summed E-state index contributed by atoms with van der Waals surface area (Å²) in [6, 6.07) is 7.41. The van der Waals surface area contributed by atoms with Gasteiger partial charge in [0.25, 0.3) is 5.91 Å². The second-order valence-electron chi connectivity index (χ2n) is 7.30. The van der Waals surface area contributed by atoms with Gasteiger partial charge < -0.3 is 15.4 Å². The minimum Gasteiger partial charge on any atom is -0.489 e. The third-order valence-corrected chi connectivity index (χ3v) is 5.11. The fourth-order valence-electron chi connectivity index (χ4n) is 2.42. The van der Waals surface area contributed by atoms with Gasteiger partial charge in [-0.05, 0) is 64.8 Å². The number of alkyl halides is 1. The highest BCUT2D eigenvalue weighted by Crippen LogP contribution is 2.21. The van der Waals surface area contributed by atoms with E-state index in [4.69, 9.17) is 4.74 Å². The molecule has 25 heavy (non-hydrogen) atoms. The van der Waals surface area contributed by atoms with Crippen LogP contribution in [0.15, 0.2) is 24.3 Å². The monoisotopic (exact) mass is 412 g/mol. The molecule has 0 saturated carbocycles. The van der Waals surface area contributed by atoms with E-state index in [9.17, 15) is 4.79 Å². The molecule has 4 nitrogen and oxygen atoms in total. The number of hydrogen-bond acceptors (Lipinski definition) is 3. The summed E-state index contributed by atoms with van der Waals surface area (Å²) in [5.74, 6) is 0.687. The molecule has 0 aliphatic carbocycles. The lowest BCUT2D eigenvalue weighted by Gasteiger charge is -2.22. The molecule has 0 aliphatic rings. The average molecular weight is 413 g/mol. The number of halogens is 1. The van der Waals surface area contributed by atoms with Crippen LogP contribution in [0.2, 0.25) is 0 Å². The second-order valence-corrected chi connectivity index (χ2v) is 8.48. The Kier molecular flexibility index (Phi) is 9.51. The summed E-state index contributed by atoms with van der Waals surface area (Å²) in [5.41, 5.74) is 0.746. The number of carbonyl (C=O) groups is 1.